The topological polar surface area (TPSA) is 144 Å². The molecule has 6 aromatic rings. The predicted octanol–water partition coefficient (Wildman–Crippen LogP) is 8.16. The van der Waals surface area contributed by atoms with Gasteiger partial charge in [-0.05, 0) is 53.1 Å². The first-order chi connectivity index (χ1) is 34.2. The predicted molar refractivity (Wildman–Crippen MR) is 243 cm³/mol. The van der Waals surface area contributed by atoms with Gasteiger partial charge >= 0.3 is 17.9 Å². The van der Waals surface area contributed by atoms with Crippen molar-refractivity contribution in [3.05, 3.63) is 215 Å². The fourth-order valence-corrected chi connectivity index (χ4v) is 7.51. The van der Waals surface area contributed by atoms with Gasteiger partial charge in [-0.2, -0.15) is 0 Å². The number of carbonyl (C=O) groups excluding carboxylic acids is 3. The molecule has 2 aliphatic heterocycles. The maximum atomic E-state index is 14.0. The molecule has 0 saturated carbocycles. The minimum atomic E-state index is -1.56. The van der Waals surface area contributed by atoms with Gasteiger partial charge in [0.25, 0.3) is 0 Å². The van der Waals surface area contributed by atoms with Crippen LogP contribution in [0.15, 0.2) is 182 Å². The van der Waals surface area contributed by atoms with E-state index in [0.29, 0.717) is 16.7 Å². The van der Waals surface area contributed by atoms with Crippen molar-refractivity contribution in [3.63, 3.8) is 0 Å². The fraction of sp³-hybridized carbons (Fsp3) is 0.278. The van der Waals surface area contributed by atoms with E-state index in [4.69, 9.17) is 51.5 Å². The summed E-state index contributed by atoms with van der Waals surface area (Å²) < 4.78 is 89.8. The largest absolute Gasteiger partial charge is 0.452 e. The number of carbonyl (C=O) groups is 3. The number of rotatable bonds is 20. The maximum Gasteiger partial charge on any atom is 0.338 e. The second-order valence-electron chi connectivity index (χ2n) is 15.5. The first-order valence-corrected chi connectivity index (χ1v) is 21.7. The minimum absolute atomic E-state index is 0.157. The maximum absolute atomic E-state index is 14.0. The smallest absolute Gasteiger partial charge is 0.338 e. The zero-order valence-corrected chi connectivity index (χ0v) is 36.5. The van der Waals surface area contributed by atoms with Crippen molar-refractivity contribution in [3.8, 4) is 0 Å². The van der Waals surface area contributed by atoms with E-state index in [1.807, 2.05) is 18.2 Å². The molecule has 2 aliphatic rings. The normalized spacial score (nSPS) is 25.6. The lowest BCUT2D eigenvalue weighted by Crippen LogP contribution is -2.63. The molecule has 2 saturated heterocycles. The van der Waals surface area contributed by atoms with Crippen molar-refractivity contribution in [2.75, 3.05) is 20.3 Å². The van der Waals surface area contributed by atoms with Crippen molar-refractivity contribution >= 4 is 17.9 Å². The Hall–Kier alpha value is -6.55. The summed E-state index contributed by atoms with van der Waals surface area (Å²) in [6.45, 7) is -4.38. The Kier molecular flexibility index (Phi) is 15.3. The average molecular weight is 912 g/mol. The average Bonchev–Trinajstić information content (AvgIpc) is 3.73. The molecule has 13 nitrogen and oxygen atoms in total. The lowest BCUT2D eigenvalue weighted by Gasteiger charge is -2.44. The molecule has 67 heavy (non-hydrogen) atoms. The van der Waals surface area contributed by atoms with Gasteiger partial charge in [0.15, 0.2) is 30.9 Å². The lowest BCUT2D eigenvalue weighted by atomic mass is 9.97. The minimum Gasteiger partial charge on any atom is -0.452 e. The van der Waals surface area contributed by atoms with Crippen LogP contribution in [0.3, 0.4) is 0 Å². The molecule has 0 amide bonds. The zero-order valence-electron chi connectivity index (χ0n) is 39.5. The Balaban J connectivity index is 1.14. The van der Waals surface area contributed by atoms with Crippen LogP contribution < -0.4 is 0 Å². The monoisotopic (exact) mass is 911 g/mol. The number of esters is 3. The van der Waals surface area contributed by atoms with Crippen molar-refractivity contribution < 1.29 is 65.9 Å². The van der Waals surface area contributed by atoms with Crippen LogP contribution in [0.5, 0.6) is 0 Å². The molecule has 2 heterocycles. The molecule has 12 atom stereocenters. The first kappa shape index (κ1) is 43.0. The van der Waals surface area contributed by atoms with Crippen LogP contribution in [0, 0.1) is 0 Å². The number of hydrogen-bond donors (Lipinski definition) is 0. The summed E-state index contributed by atoms with van der Waals surface area (Å²) in [6.07, 6.45) is -12.1. The van der Waals surface area contributed by atoms with E-state index >= 15 is 0 Å². The van der Waals surface area contributed by atoms with E-state index in [1.165, 1.54) is 7.11 Å². The summed E-state index contributed by atoms with van der Waals surface area (Å²) in [5.74, 6) is -2.45. The van der Waals surface area contributed by atoms with Gasteiger partial charge in [-0.3, -0.25) is 0 Å². The lowest BCUT2D eigenvalue weighted by molar-refractivity contribution is -0.302. The first-order valence-electron chi connectivity index (χ1n) is 23.5. The summed E-state index contributed by atoms with van der Waals surface area (Å²) in [5.41, 5.74) is 2.12. The van der Waals surface area contributed by atoms with Crippen molar-refractivity contribution in [2.24, 2.45) is 0 Å². The summed E-state index contributed by atoms with van der Waals surface area (Å²) in [4.78, 5) is 41.8. The number of methoxy groups -OCH3 is 1. The highest BCUT2D eigenvalue weighted by atomic mass is 16.8. The van der Waals surface area contributed by atoms with Gasteiger partial charge in [0.1, 0.15) is 24.4 Å². The van der Waals surface area contributed by atoms with E-state index in [0.717, 1.165) is 0 Å². The van der Waals surface area contributed by atoms with Crippen LogP contribution >= 0.6 is 0 Å². The van der Waals surface area contributed by atoms with Crippen molar-refractivity contribution in [1.29, 1.82) is 0 Å². The fourth-order valence-electron chi connectivity index (χ4n) is 7.51. The molecule has 0 spiro atoms. The molecular formula is C54H52O13. The number of benzene rings is 6. The Morgan fingerprint density at radius 1 is 0.418 bits per heavy atom. The molecule has 2 fully saturated rings. The third-order valence-electron chi connectivity index (χ3n) is 10.9. The highest BCUT2D eigenvalue weighted by Gasteiger charge is 2.54. The van der Waals surface area contributed by atoms with E-state index in [2.05, 4.69) is 0 Å². The zero-order chi connectivity index (χ0) is 48.8. The number of ether oxygens (including phenoxy) is 10. The van der Waals surface area contributed by atoms with E-state index in [1.54, 1.807) is 164 Å². The molecule has 0 bridgehead atoms. The standard InChI is InChI=1S/C54H52O13/c1-58-53-49(67-52(57)42-30-18-7-19-31-42)47(66-51(56)41-28-16-6-17-29-41)46(65-50(55)40-26-14-5-15-27-40)44(63-53)36-62-54-48(61-34-39-24-12-4-13-25-39)45(60-33-38-22-10-3-11-23-38)43(64-54)35-59-32-37-20-8-2-9-21-37/h2-31,43-49,53-54H,32-36H2,1H3/t43-,44-,45-,46+,47+,48-,49-,53-,54?/m1/s1/i32D,33D,34D/t32?,33?,34?,43-,44-,45-,46+,47+,48-,49-,53-,54?. The molecule has 0 N–H and O–H groups in total. The molecule has 0 aliphatic carbocycles. The van der Waals surface area contributed by atoms with E-state index in [-0.39, 0.29) is 23.3 Å². The van der Waals surface area contributed by atoms with Crippen LogP contribution in [0.25, 0.3) is 0 Å². The van der Waals surface area contributed by atoms with Gasteiger partial charge in [-0.25, -0.2) is 14.4 Å². The van der Waals surface area contributed by atoms with Crippen molar-refractivity contribution in [1.82, 2.24) is 0 Å². The van der Waals surface area contributed by atoms with Gasteiger partial charge < -0.3 is 47.4 Å². The highest BCUT2D eigenvalue weighted by Crippen LogP contribution is 2.34. The van der Waals surface area contributed by atoms with Crippen LogP contribution in [0.4, 0.5) is 0 Å². The summed E-state index contributed by atoms with van der Waals surface area (Å²) in [5, 5.41) is 0. The Labute approximate surface area is 393 Å². The Morgan fingerprint density at radius 2 is 0.791 bits per heavy atom. The third kappa shape index (κ3) is 12.7. The van der Waals surface area contributed by atoms with Crippen LogP contribution in [0.1, 0.15) is 51.9 Å². The van der Waals surface area contributed by atoms with Crippen molar-refractivity contribution in [2.45, 2.75) is 75.1 Å². The highest BCUT2D eigenvalue weighted by molar-refractivity contribution is 5.91. The third-order valence-corrected chi connectivity index (χ3v) is 10.9. The summed E-state index contributed by atoms with van der Waals surface area (Å²) in [7, 11) is 1.31. The van der Waals surface area contributed by atoms with Gasteiger partial charge in [-0.1, -0.05) is 146 Å². The van der Waals surface area contributed by atoms with Gasteiger partial charge in [0.05, 0.1) is 53.8 Å². The van der Waals surface area contributed by atoms with Crippen LogP contribution in [0.2, 0.25) is 0 Å². The van der Waals surface area contributed by atoms with Gasteiger partial charge in [-0.15, -0.1) is 0 Å². The molecule has 0 aromatic heterocycles. The quantitative estimate of drug-likeness (QED) is 0.0537. The molecule has 8 rings (SSSR count). The SMILES string of the molecule is [2H]C(OC[C@H]1OC(OC[C@H]2O[C@@H](OC)[C@H](OC(=O)c3ccccc3)[C@@H](OC(=O)c3ccccc3)[C@H]2OC(=O)c2ccccc2)[C@H](OC([2H])c2ccccc2)[C@@H]1OC([2H])c1ccccc1)c1ccccc1. The molecule has 0 radical (unpaired) electrons. The van der Waals surface area contributed by atoms with Gasteiger partial charge in [0, 0.05) is 7.11 Å². The Bertz CT molecular complexity index is 2550. The Morgan fingerprint density at radius 3 is 1.25 bits per heavy atom. The van der Waals surface area contributed by atoms with Gasteiger partial charge in [0.2, 0.25) is 0 Å². The molecule has 346 valence electrons. The molecule has 13 heteroatoms. The number of hydrogen-bond acceptors (Lipinski definition) is 13. The molecular weight excluding hydrogens is 857 g/mol. The van der Waals surface area contributed by atoms with Crippen LogP contribution in [-0.2, 0) is 67.1 Å². The molecule has 6 aromatic carbocycles. The second-order valence-corrected chi connectivity index (χ2v) is 15.5. The van der Waals surface area contributed by atoms with E-state index in [9.17, 15) is 14.4 Å². The summed E-state index contributed by atoms with van der Waals surface area (Å²) in [6, 6.07) is 51.0. The summed E-state index contributed by atoms with van der Waals surface area (Å²) >= 11 is 0. The molecule has 4 unspecified atom stereocenters. The van der Waals surface area contributed by atoms with E-state index < -0.39 is 99.6 Å². The second kappa shape index (κ2) is 23.8. The van der Waals surface area contributed by atoms with Crippen LogP contribution in [-0.4, -0.2) is 93.5 Å².